The van der Waals surface area contributed by atoms with Gasteiger partial charge in [0.1, 0.15) is 11.4 Å². The molecule has 0 aromatic heterocycles. The van der Waals surface area contributed by atoms with Gasteiger partial charge < -0.3 is 14.6 Å². The number of aliphatic hydroxyl groups excluding tert-OH is 1. The predicted molar refractivity (Wildman–Crippen MR) is 78.0 cm³/mol. The average molecular weight is 313 g/mol. The number of methoxy groups -OCH3 is 1. The Balaban J connectivity index is 2.81. The molecule has 1 aromatic carbocycles. The van der Waals surface area contributed by atoms with Gasteiger partial charge in [0.2, 0.25) is 0 Å². The first-order valence-corrected chi connectivity index (χ1v) is 6.66. The molecule has 1 unspecified atom stereocenters. The maximum Gasteiger partial charge on any atom is 0.412 e. The fraction of sp³-hybridized carbons (Fsp3) is 0.467. The number of hydrogen-bond acceptors (Lipinski definition) is 5. The van der Waals surface area contributed by atoms with Crippen molar-refractivity contribution in [2.45, 2.75) is 38.9 Å². The molecule has 0 radical (unpaired) electrons. The van der Waals surface area contributed by atoms with E-state index in [0.29, 0.717) is 5.69 Å². The Morgan fingerprint density at radius 1 is 1.36 bits per heavy atom. The summed E-state index contributed by atoms with van der Waals surface area (Å²) in [5.41, 5.74) is -0.289. The van der Waals surface area contributed by atoms with Crippen molar-refractivity contribution in [3.05, 3.63) is 29.6 Å². The van der Waals surface area contributed by atoms with E-state index in [9.17, 15) is 19.1 Å². The van der Waals surface area contributed by atoms with Gasteiger partial charge in [-0.3, -0.25) is 5.32 Å². The van der Waals surface area contributed by atoms with Crippen LogP contribution in [0.25, 0.3) is 0 Å². The topological polar surface area (TPSA) is 84.9 Å². The second-order valence-corrected chi connectivity index (χ2v) is 5.68. The monoisotopic (exact) mass is 313 g/mol. The van der Waals surface area contributed by atoms with Crippen molar-refractivity contribution < 1.29 is 28.6 Å². The number of aliphatic hydroxyl groups is 1. The Kier molecular flexibility index (Phi) is 5.87. The van der Waals surface area contributed by atoms with E-state index in [2.05, 4.69) is 10.1 Å². The predicted octanol–water partition coefficient (Wildman–Crippen LogP) is 2.25. The van der Waals surface area contributed by atoms with Gasteiger partial charge in [-0.1, -0.05) is 0 Å². The van der Waals surface area contributed by atoms with Crippen LogP contribution in [0.2, 0.25) is 0 Å². The van der Waals surface area contributed by atoms with Gasteiger partial charge in [0.25, 0.3) is 0 Å². The molecule has 1 rings (SSSR count). The molecule has 1 aromatic rings. The number of amides is 1. The van der Waals surface area contributed by atoms with Crippen LogP contribution < -0.4 is 5.32 Å². The van der Waals surface area contributed by atoms with Crippen LogP contribution in [0.5, 0.6) is 0 Å². The summed E-state index contributed by atoms with van der Waals surface area (Å²) in [4.78, 5) is 22.8. The highest BCUT2D eigenvalue weighted by Crippen LogP contribution is 2.18. The molecule has 122 valence electrons. The summed E-state index contributed by atoms with van der Waals surface area (Å²) >= 11 is 0. The van der Waals surface area contributed by atoms with Crippen LogP contribution in [0.1, 0.15) is 26.3 Å². The van der Waals surface area contributed by atoms with Crippen molar-refractivity contribution >= 4 is 17.7 Å². The van der Waals surface area contributed by atoms with Crippen molar-refractivity contribution in [2.75, 3.05) is 12.4 Å². The van der Waals surface area contributed by atoms with E-state index in [1.54, 1.807) is 20.8 Å². The molecule has 0 aliphatic rings. The lowest BCUT2D eigenvalue weighted by Crippen LogP contribution is -2.27. The van der Waals surface area contributed by atoms with Gasteiger partial charge in [0.15, 0.2) is 6.10 Å². The lowest BCUT2D eigenvalue weighted by molar-refractivity contribution is -0.150. The quantitative estimate of drug-likeness (QED) is 0.833. The molecule has 0 aliphatic heterocycles. The summed E-state index contributed by atoms with van der Waals surface area (Å²) in [6.07, 6.45) is -2.42. The molecule has 2 N–H and O–H groups in total. The number of carbonyl (C=O) groups is 2. The van der Waals surface area contributed by atoms with E-state index < -0.39 is 29.6 Å². The molecule has 6 nitrogen and oxygen atoms in total. The van der Waals surface area contributed by atoms with E-state index in [4.69, 9.17) is 4.74 Å². The second kappa shape index (κ2) is 7.22. The Labute approximate surface area is 128 Å². The first-order valence-electron chi connectivity index (χ1n) is 6.66. The minimum absolute atomic E-state index is 0.0754. The van der Waals surface area contributed by atoms with E-state index in [0.717, 1.165) is 13.2 Å². The van der Waals surface area contributed by atoms with E-state index in [1.807, 2.05) is 0 Å². The molecule has 0 saturated heterocycles. The fourth-order valence-corrected chi connectivity index (χ4v) is 1.66. The van der Waals surface area contributed by atoms with Crippen molar-refractivity contribution in [2.24, 2.45) is 0 Å². The molecule has 0 saturated carbocycles. The number of halogens is 1. The first kappa shape index (κ1) is 17.9. The van der Waals surface area contributed by atoms with Crippen molar-refractivity contribution in [1.29, 1.82) is 0 Å². The number of carbonyl (C=O) groups excluding carboxylic acids is 2. The molecule has 7 heteroatoms. The van der Waals surface area contributed by atoms with E-state index >= 15 is 0 Å². The molecule has 1 atom stereocenters. The van der Waals surface area contributed by atoms with E-state index in [-0.39, 0.29) is 12.0 Å². The third-order valence-corrected chi connectivity index (χ3v) is 2.58. The third kappa shape index (κ3) is 5.69. The Hall–Kier alpha value is -2.15. The molecule has 1 amide bonds. The van der Waals surface area contributed by atoms with Gasteiger partial charge in [-0.25, -0.2) is 14.0 Å². The zero-order valence-corrected chi connectivity index (χ0v) is 13.0. The standard InChI is InChI=1S/C15H20FNO5/c1-15(2,3)22-14(20)17-10-5-6-11(16)9(7-10)8-12(18)13(19)21-4/h5-7,12,18H,8H2,1-4H3,(H,17,20). The largest absolute Gasteiger partial charge is 0.467 e. The number of benzene rings is 1. The first-order chi connectivity index (χ1) is 10.1. The Morgan fingerprint density at radius 2 is 2.00 bits per heavy atom. The van der Waals surface area contributed by atoms with Crippen LogP contribution in [0, 0.1) is 5.82 Å². The SMILES string of the molecule is COC(=O)C(O)Cc1cc(NC(=O)OC(C)(C)C)ccc1F. The maximum atomic E-state index is 13.7. The van der Waals surface area contributed by atoms with Gasteiger partial charge in [0.05, 0.1) is 7.11 Å². The average Bonchev–Trinajstić information content (AvgIpc) is 2.39. The molecule has 0 heterocycles. The van der Waals surface area contributed by atoms with Crippen LogP contribution >= 0.6 is 0 Å². The molecule has 22 heavy (non-hydrogen) atoms. The molecule has 0 spiro atoms. The number of ether oxygens (including phenoxy) is 2. The van der Waals surface area contributed by atoms with Crippen molar-refractivity contribution in [3.8, 4) is 0 Å². The molecule has 0 fully saturated rings. The smallest absolute Gasteiger partial charge is 0.412 e. The van der Waals surface area contributed by atoms with Crippen LogP contribution in [-0.2, 0) is 20.7 Å². The van der Waals surface area contributed by atoms with Gasteiger partial charge in [0, 0.05) is 12.1 Å². The third-order valence-electron chi connectivity index (χ3n) is 2.58. The Bertz CT molecular complexity index is 553. The van der Waals surface area contributed by atoms with Crippen molar-refractivity contribution in [3.63, 3.8) is 0 Å². The summed E-state index contributed by atoms with van der Waals surface area (Å²) in [6.45, 7) is 5.15. The Morgan fingerprint density at radius 3 is 2.55 bits per heavy atom. The second-order valence-electron chi connectivity index (χ2n) is 5.68. The van der Waals surface area contributed by atoms with Crippen molar-refractivity contribution in [1.82, 2.24) is 0 Å². The normalized spacial score (nSPS) is 12.5. The van der Waals surface area contributed by atoms with Gasteiger partial charge in [-0.15, -0.1) is 0 Å². The molecule has 0 bridgehead atoms. The lowest BCUT2D eigenvalue weighted by atomic mass is 10.1. The summed E-state index contributed by atoms with van der Waals surface area (Å²) < 4.78 is 23.2. The minimum atomic E-state index is -1.48. The van der Waals surface area contributed by atoms with Crippen LogP contribution in [0.4, 0.5) is 14.9 Å². The van der Waals surface area contributed by atoms with Crippen LogP contribution in [0.3, 0.4) is 0 Å². The highest BCUT2D eigenvalue weighted by molar-refractivity contribution is 5.85. The van der Waals surface area contributed by atoms with Gasteiger partial charge in [-0.2, -0.15) is 0 Å². The lowest BCUT2D eigenvalue weighted by Gasteiger charge is -2.20. The number of hydrogen-bond donors (Lipinski definition) is 2. The van der Waals surface area contributed by atoms with E-state index in [1.165, 1.54) is 12.1 Å². The number of rotatable bonds is 4. The molecular weight excluding hydrogens is 293 g/mol. The van der Waals surface area contributed by atoms with Crippen LogP contribution in [-0.4, -0.2) is 36.0 Å². The highest BCUT2D eigenvalue weighted by atomic mass is 19.1. The highest BCUT2D eigenvalue weighted by Gasteiger charge is 2.19. The van der Waals surface area contributed by atoms with Gasteiger partial charge in [-0.05, 0) is 44.5 Å². The van der Waals surface area contributed by atoms with Crippen LogP contribution in [0.15, 0.2) is 18.2 Å². The summed E-state index contributed by atoms with van der Waals surface area (Å²) in [6, 6.07) is 3.81. The summed E-state index contributed by atoms with van der Waals surface area (Å²) in [5.74, 6) is -1.46. The fourth-order valence-electron chi connectivity index (χ4n) is 1.66. The minimum Gasteiger partial charge on any atom is -0.467 e. The molecule has 0 aliphatic carbocycles. The molecular formula is C15H20FNO5. The number of anilines is 1. The van der Waals surface area contributed by atoms with Gasteiger partial charge >= 0.3 is 12.1 Å². The number of nitrogens with one attached hydrogen (secondary N) is 1. The zero-order valence-electron chi connectivity index (χ0n) is 13.0. The summed E-state index contributed by atoms with van der Waals surface area (Å²) in [5, 5.41) is 12.0. The summed E-state index contributed by atoms with van der Waals surface area (Å²) in [7, 11) is 1.13. The number of esters is 1. The maximum absolute atomic E-state index is 13.7. The zero-order chi connectivity index (χ0) is 16.9.